The van der Waals surface area contributed by atoms with Gasteiger partial charge in [-0.3, -0.25) is 4.79 Å². The van der Waals surface area contributed by atoms with Crippen LogP contribution in [0.3, 0.4) is 0 Å². The molecule has 27 heavy (non-hydrogen) atoms. The summed E-state index contributed by atoms with van der Waals surface area (Å²) in [5.41, 5.74) is 1.28. The van der Waals surface area contributed by atoms with E-state index in [-0.39, 0.29) is 5.78 Å². The Kier molecular flexibility index (Phi) is 4.58. The Bertz CT molecular complexity index is 1180. The molecule has 0 saturated heterocycles. The van der Waals surface area contributed by atoms with Crippen LogP contribution >= 0.6 is 15.9 Å². The molecule has 0 bridgehead atoms. The average molecular weight is 421 g/mol. The topological polar surface area (TPSA) is 35.5 Å². The van der Waals surface area contributed by atoms with E-state index in [4.69, 9.17) is 9.47 Å². The van der Waals surface area contributed by atoms with Crippen molar-refractivity contribution in [1.82, 2.24) is 0 Å². The van der Waals surface area contributed by atoms with E-state index in [0.29, 0.717) is 16.9 Å². The highest BCUT2D eigenvalue weighted by Gasteiger charge is 2.16. The molecule has 0 aliphatic heterocycles. The van der Waals surface area contributed by atoms with Gasteiger partial charge in [0.2, 0.25) is 0 Å². The maximum absolute atomic E-state index is 13.3. The predicted octanol–water partition coefficient (Wildman–Crippen LogP) is 6.00. The number of benzene rings is 4. The van der Waals surface area contributed by atoms with Crippen molar-refractivity contribution in [1.29, 1.82) is 0 Å². The summed E-state index contributed by atoms with van der Waals surface area (Å²) in [6, 6.07) is 21.1. The van der Waals surface area contributed by atoms with Gasteiger partial charge in [-0.25, -0.2) is 0 Å². The van der Waals surface area contributed by atoms with Crippen LogP contribution < -0.4 is 9.47 Å². The van der Waals surface area contributed by atoms with E-state index in [1.165, 1.54) is 0 Å². The molecule has 4 rings (SSSR count). The quantitative estimate of drug-likeness (QED) is 0.379. The van der Waals surface area contributed by atoms with Gasteiger partial charge in [-0.15, -0.1) is 0 Å². The lowest BCUT2D eigenvalue weighted by Gasteiger charge is -2.12. The molecule has 3 nitrogen and oxygen atoms in total. The Morgan fingerprint density at radius 1 is 0.778 bits per heavy atom. The molecule has 0 amide bonds. The van der Waals surface area contributed by atoms with Crippen LogP contribution in [0.25, 0.3) is 21.5 Å². The largest absolute Gasteiger partial charge is 0.497 e. The minimum atomic E-state index is -0.0271. The van der Waals surface area contributed by atoms with Gasteiger partial charge in [0, 0.05) is 26.4 Å². The molecule has 0 unspecified atom stereocenters. The molecule has 0 heterocycles. The second kappa shape index (κ2) is 7.05. The van der Waals surface area contributed by atoms with Crippen molar-refractivity contribution < 1.29 is 14.3 Å². The van der Waals surface area contributed by atoms with E-state index in [2.05, 4.69) is 15.9 Å². The fraction of sp³-hybridized carbons (Fsp3) is 0.0870. The molecule has 0 radical (unpaired) electrons. The van der Waals surface area contributed by atoms with Crippen LogP contribution in [0.2, 0.25) is 0 Å². The summed E-state index contributed by atoms with van der Waals surface area (Å²) in [5.74, 6) is 1.40. The molecule has 0 atom stereocenters. The summed E-state index contributed by atoms with van der Waals surface area (Å²) in [6.07, 6.45) is 0. The van der Waals surface area contributed by atoms with Crippen LogP contribution in [0.15, 0.2) is 71.2 Å². The summed E-state index contributed by atoms with van der Waals surface area (Å²) in [6.45, 7) is 0. The Labute approximate surface area is 165 Å². The first-order valence-electron chi connectivity index (χ1n) is 8.49. The SMILES string of the molecule is COc1ccc2c(OC)ccc(C(=O)c3ccc4cc(Br)ccc4c3)c2c1. The lowest BCUT2D eigenvalue weighted by molar-refractivity contribution is 0.104. The number of carbonyl (C=O) groups excluding carboxylic acids is 1. The van der Waals surface area contributed by atoms with Gasteiger partial charge in [0.05, 0.1) is 14.2 Å². The summed E-state index contributed by atoms with van der Waals surface area (Å²) in [7, 11) is 3.24. The highest BCUT2D eigenvalue weighted by atomic mass is 79.9. The number of ether oxygens (including phenoxy) is 2. The molecule has 134 valence electrons. The third kappa shape index (κ3) is 3.17. The molecular formula is C23H17BrO3. The number of rotatable bonds is 4. The summed E-state index contributed by atoms with van der Waals surface area (Å²) >= 11 is 3.48. The normalized spacial score (nSPS) is 10.9. The minimum Gasteiger partial charge on any atom is -0.497 e. The Hall–Kier alpha value is -2.85. The Balaban J connectivity index is 1.88. The molecular weight excluding hydrogens is 404 g/mol. The lowest BCUT2D eigenvalue weighted by atomic mass is 9.95. The van der Waals surface area contributed by atoms with Crippen LogP contribution in [-0.2, 0) is 0 Å². The molecule has 0 aliphatic carbocycles. The zero-order valence-electron chi connectivity index (χ0n) is 15.0. The lowest BCUT2D eigenvalue weighted by Crippen LogP contribution is -2.03. The van der Waals surface area contributed by atoms with E-state index in [0.717, 1.165) is 31.8 Å². The number of hydrogen-bond acceptors (Lipinski definition) is 3. The zero-order valence-corrected chi connectivity index (χ0v) is 16.5. The minimum absolute atomic E-state index is 0.0271. The second-order valence-electron chi connectivity index (χ2n) is 6.26. The molecule has 0 N–H and O–H groups in total. The smallest absolute Gasteiger partial charge is 0.193 e. The van der Waals surface area contributed by atoms with Crippen LogP contribution in [0.1, 0.15) is 15.9 Å². The number of hydrogen-bond donors (Lipinski definition) is 0. The molecule has 4 aromatic carbocycles. The van der Waals surface area contributed by atoms with Crippen LogP contribution in [0.4, 0.5) is 0 Å². The van der Waals surface area contributed by atoms with Gasteiger partial charge >= 0.3 is 0 Å². The van der Waals surface area contributed by atoms with Crippen LogP contribution in [-0.4, -0.2) is 20.0 Å². The Morgan fingerprint density at radius 3 is 2.33 bits per heavy atom. The number of methoxy groups -OCH3 is 2. The van der Waals surface area contributed by atoms with E-state index < -0.39 is 0 Å². The average Bonchev–Trinajstić information content (AvgIpc) is 2.71. The fourth-order valence-corrected chi connectivity index (χ4v) is 3.69. The molecule has 4 aromatic rings. The highest BCUT2D eigenvalue weighted by Crippen LogP contribution is 2.33. The van der Waals surface area contributed by atoms with Crippen molar-refractivity contribution in [2.75, 3.05) is 14.2 Å². The van der Waals surface area contributed by atoms with Crippen LogP contribution in [0.5, 0.6) is 11.5 Å². The van der Waals surface area contributed by atoms with E-state index >= 15 is 0 Å². The van der Waals surface area contributed by atoms with E-state index in [1.54, 1.807) is 14.2 Å². The number of carbonyl (C=O) groups is 1. The number of fused-ring (bicyclic) bond motifs is 2. The van der Waals surface area contributed by atoms with Gasteiger partial charge in [-0.05, 0) is 59.3 Å². The standard InChI is InChI=1S/C23H17BrO3/c1-26-18-7-8-19-21(13-18)20(9-10-22(19)27-2)23(25)16-4-3-15-12-17(24)6-5-14(15)11-16/h3-13H,1-2H3. The summed E-state index contributed by atoms with van der Waals surface area (Å²) in [5, 5.41) is 3.81. The third-order valence-corrected chi connectivity index (χ3v) is 5.21. The first-order valence-corrected chi connectivity index (χ1v) is 9.29. The predicted molar refractivity (Wildman–Crippen MR) is 112 cm³/mol. The maximum Gasteiger partial charge on any atom is 0.193 e. The third-order valence-electron chi connectivity index (χ3n) is 4.71. The molecule has 0 saturated carbocycles. The fourth-order valence-electron chi connectivity index (χ4n) is 3.32. The zero-order chi connectivity index (χ0) is 19.0. The van der Waals surface area contributed by atoms with Crippen LogP contribution in [0, 0.1) is 0 Å². The summed E-state index contributed by atoms with van der Waals surface area (Å²) in [4.78, 5) is 13.3. The molecule has 0 spiro atoms. The molecule has 0 aliphatic rings. The highest BCUT2D eigenvalue weighted by molar-refractivity contribution is 9.10. The maximum atomic E-state index is 13.3. The first-order chi connectivity index (χ1) is 13.1. The van der Waals surface area contributed by atoms with Crippen molar-refractivity contribution in [3.63, 3.8) is 0 Å². The number of halogens is 1. The number of ketones is 1. The van der Waals surface area contributed by atoms with Gasteiger partial charge in [0.15, 0.2) is 5.78 Å². The van der Waals surface area contributed by atoms with Gasteiger partial charge in [-0.1, -0.05) is 34.1 Å². The monoisotopic (exact) mass is 420 g/mol. The first kappa shape index (κ1) is 17.6. The molecule has 4 heteroatoms. The van der Waals surface area contributed by atoms with Gasteiger partial charge < -0.3 is 9.47 Å². The van der Waals surface area contributed by atoms with Gasteiger partial charge in [0.1, 0.15) is 11.5 Å². The van der Waals surface area contributed by atoms with Gasteiger partial charge in [0.25, 0.3) is 0 Å². The van der Waals surface area contributed by atoms with Crippen molar-refractivity contribution >= 4 is 43.3 Å². The second-order valence-corrected chi connectivity index (χ2v) is 7.18. The summed E-state index contributed by atoms with van der Waals surface area (Å²) < 4.78 is 11.8. The van der Waals surface area contributed by atoms with Crippen molar-refractivity contribution in [2.45, 2.75) is 0 Å². The van der Waals surface area contributed by atoms with E-state index in [1.807, 2.05) is 66.7 Å². The van der Waals surface area contributed by atoms with Crippen molar-refractivity contribution in [3.8, 4) is 11.5 Å². The van der Waals surface area contributed by atoms with E-state index in [9.17, 15) is 4.79 Å². The Morgan fingerprint density at radius 2 is 1.56 bits per heavy atom. The van der Waals surface area contributed by atoms with Gasteiger partial charge in [-0.2, -0.15) is 0 Å². The molecule has 0 aromatic heterocycles. The molecule has 0 fully saturated rings. The van der Waals surface area contributed by atoms with Crippen molar-refractivity contribution in [2.24, 2.45) is 0 Å². The van der Waals surface area contributed by atoms with Crippen molar-refractivity contribution in [3.05, 3.63) is 82.3 Å².